The van der Waals surface area contributed by atoms with Crippen molar-refractivity contribution >= 4 is 43.5 Å². The summed E-state index contributed by atoms with van der Waals surface area (Å²) in [6, 6.07) is 13.8. The molecular weight excluding hydrogens is 518 g/mol. The Morgan fingerprint density at radius 1 is 1.09 bits per heavy atom. The molecule has 0 heterocycles. The maximum atomic E-state index is 13.6. The quantitative estimate of drug-likeness (QED) is 0.399. The van der Waals surface area contributed by atoms with Gasteiger partial charge in [-0.1, -0.05) is 62.2 Å². The number of halogens is 1. The summed E-state index contributed by atoms with van der Waals surface area (Å²) in [5.41, 5.74) is 2.28. The van der Waals surface area contributed by atoms with Crippen molar-refractivity contribution in [3.05, 3.63) is 64.1 Å². The van der Waals surface area contributed by atoms with Crippen LogP contribution >= 0.6 is 15.9 Å². The van der Waals surface area contributed by atoms with Gasteiger partial charge < -0.3 is 10.2 Å². The molecule has 9 heteroatoms. The molecule has 0 saturated carbocycles. The Morgan fingerprint density at radius 2 is 1.79 bits per heavy atom. The molecule has 0 aliphatic carbocycles. The van der Waals surface area contributed by atoms with Crippen LogP contribution < -0.4 is 9.62 Å². The Hall–Kier alpha value is -2.39. The SMILES string of the molecule is CCCCNC(=O)[C@@H](CC)N(Cc1cccc(C)c1)C(=O)CN(c1ccccc1Br)S(C)(=O)=O. The fraction of sp³-hybridized carbons (Fsp3) is 0.440. The molecule has 0 saturated heterocycles. The van der Waals surface area contributed by atoms with Crippen LogP contribution in [-0.4, -0.2) is 50.5 Å². The molecule has 0 bridgehead atoms. The number of hydrogen-bond acceptors (Lipinski definition) is 4. The molecule has 0 aliphatic heterocycles. The van der Waals surface area contributed by atoms with Gasteiger partial charge in [0.15, 0.2) is 0 Å². The fourth-order valence-corrected chi connectivity index (χ4v) is 5.16. The van der Waals surface area contributed by atoms with E-state index in [2.05, 4.69) is 21.2 Å². The summed E-state index contributed by atoms with van der Waals surface area (Å²) < 4.78 is 26.9. The normalized spacial score (nSPS) is 12.1. The molecule has 2 amide bonds. The number of nitrogens with one attached hydrogen (secondary N) is 1. The molecule has 0 unspecified atom stereocenters. The molecule has 7 nitrogen and oxygen atoms in total. The zero-order valence-corrected chi connectivity index (χ0v) is 22.7. The van der Waals surface area contributed by atoms with Crippen LogP contribution in [0, 0.1) is 6.92 Å². The largest absolute Gasteiger partial charge is 0.354 e. The van der Waals surface area contributed by atoms with Gasteiger partial charge in [-0.25, -0.2) is 8.42 Å². The van der Waals surface area contributed by atoms with Gasteiger partial charge in [0.05, 0.1) is 11.9 Å². The number of aryl methyl sites for hydroxylation is 1. The smallest absolute Gasteiger partial charge is 0.244 e. The second kappa shape index (κ2) is 12.9. The van der Waals surface area contributed by atoms with E-state index in [1.54, 1.807) is 24.3 Å². The minimum atomic E-state index is -3.76. The Labute approximate surface area is 211 Å². The third kappa shape index (κ3) is 7.84. The predicted octanol–water partition coefficient (Wildman–Crippen LogP) is 4.25. The summed E-state index contributed by atoms with van der Waals surface area (Å²) in [4.78, 5) is 28.1. The number of para-hydroxylation sites is 1. The Balaban J connectivity index is 2.41. The monoisotopic (exact) mass is 551 g/mol. The van der Waals surface area contributed by atoms with E-state index < -0.39 is 28.5 Å². The number of rotatable bonds is 12. The van der Waals surface area contributed by atoms with E-state index >= 15 is 0 Å². The topological polar surface area (TPSA) is 86.8 Å². The highest BCUT2D eigenvalue weighted by Crippen LogP contribution is 2.28. The molecule has 0 spiro atoms. The summed E-state index contributed by atoms with van der Waals surface area (Å²) in [6.45, 7) is 6.18. The fourth-order valence-electron chi connectivity index (χ4n) is 3.68. The summed E-state index contributed by atoms with van der Waals surface area (Å²) in [7, 11) is -3.76. The number of benzene rings is 2. The van der Waals surface area contributed by atoms with Gasteiger partial charge in [-0.2, -0.15) is 0 Å². The van der Waals surface area contributed by atoms with Crippen LogP contribution in [0.3, 0.4) is 0 Å². The summed E-state index contributed by atoms with van der Waals surface area (Å²) in [5, 5.41) is 2.92. The average molecular weight is 553 g/mol. The standard InChI is InChI=1S/C25H34BrN3O4S/c1-5-7-15-27-25(31)22(6-2)28(17-20-12-10-11-19(3)16-20)24(30)18-29(34(4,32)33)23-14-9-8-13-21(23)26/h8-14,16,22H,5-7,15,17-18H2,1-4H3,(H,27,31)/t22-/m1/s1. The van der Waals surface area contributed by atoms with Gasteiger partial charge in [-0.05, 0) is 53.4 Å². The van der Waals surface area contributed by atoms with E-state index in [0.717, 1.165) is 34.5 Å². The van der Waals surface area contributed by atoms with E-state index in [1.807, 2.05) is 45.0 Å². The first-order chi connectivity index (χ1) is 16.1. The average Bonchev–Trinajstić information content (AvgIpc) is 2.77. The van der Waals surface area contributed by atoms with Gasteiger partial charge in [0.25, 0.3) is 0 Å². The van der Waals surface area contributed by atoms with E-state index in [1.165, 1.54) is 4.90 Å². The maximum absolute atomic E-state index is 13.6. The van der Waals surface area contributed by atoms with Crippen molar-refractivity contribution in [2.24, 2.45) is 0 Å². The number of sulfonamides is 1. The van der Waals surface area contributed by atoms with Crippen molar-refractivity contribution in [1.29, 1.82) is 0 Å². The van der Waals surface area contributed by atoms with Crippen molar-refractivity contribution in [2.45, 2.75) is 52.6 Å². The highest BCUT2D eigenvalue weighted by Gasteiger charge is 2.32. The summed E-state index contributed by atoms with van der Waals surface area (Å²) in [5.74, 6) is -0.677. The lowest BCUT2D eigenvalue weighted by atomic mass is 10.1. The van der Waals surface area contributed by atoms with Crippen LogP contribution in [-0.2, 0) is 26.2 Å². The minimum absolute atomic E-state index is 0.202. The van der Waals surface area contributed by atoms with Crippen LogP contribution in [0.2, 0.25) is 0 Å². The molecule has 0 aliphatic rings. The zero-order chi connectivity index (χ0) is 25.3. The Morgan fingerprint density at radius 3 is 2.38 bits per heavy atom. The van der Waals surface area contributed by atoms with Crippen molar-refractivity contribution in [2.75, 3.05) is 23.7 Å². The maximum Gasteiger partial charge on any atom is 0.244 e. The lowest BCUT2D eigenvalue weighted by molar-refractivity contribution is -0.140. The second-order valence-electron chi connectivity index (χ2n) is 8.30. The molecule has 1 atom stereocenters. The third-order valence-electron chi connectivity index (χ3n) is 5.45. The van der Waals surface area contributed by atoms with Crippen LogP contribution in [0.1, 0.15) is 44.2 Å². The molecule has 0 aromatic heterocycles. The van der Waals surface area contributed by atoms with Gasteiger partial charge in [-0.3, -0.25) is 13.9 Å². The summed E-state index contributed by atoms with van der Waals surface area (Å²) >= 11 is 3.38. The van der Waals surface area contributed by atoms with Gasteiger partial charge in [-0.15, -0.1) is 0 Å². The highest BCUT2D eigenvalue weighted by molar-refractivity contribution is 9.10. The van der Waals surface area contributed by atoms with Gasteiger partial charge in [0.1, 0.15) is 12.6 Å². The molecular formula is C25H34BrN3O4S. The minimum Gasteiger partial charge on any atom is -0.354 e. The number of hydrogen-bond donors (Lipinski definition) is 1. The molecule has 2 rings (SSSR count). The first-order valence-corrected chi connectivity index (χ1v) is 14.1. The van der Waals surface area contributed by atoms with Gasteiger partial charge in [0.2, 0.25) is 21.8 Å². The van der Waals surface area contributed by atoms with Crippen molar-refractivity contribution in [3.8, 4) is 0 Å². The van der Waals surface area contributed by atoms with Crippen LogP contribution in [0.4, 0.5) is 5.69 Å². The third-order valence-corrected chi connectivity index (χ3v) is 7.25. The van der Waals surface area contributed by atoms with Crippen molar-refractivity contribution in [3.63, 3.8) is 0 Å². The zero-order valence-electron chi connectivity index (χ0n) is 20.3. The number of anilines is 1. The molecule has 34 heavy (non-hydrogen) atoms. The number of carbonyl (C=O) groups is 2. The first kappa shape index (κ1) is 27.9. The van der Waals surface area contributed by atoms with Crippen LogP contribution in [0.25, 0.3) is 0 Å². The van der Waals surface area contributed by atoms with E-state index in [-0.39, 0.29) is 12.5 Å². The van der Waals surface area contributed by atoms with Crippen molar-refractivity contribution < 1.29 is 18.0 Å². The van der Waals surface area contributed by atoms with Gasteiger partial charge >= 0.3 is 0 Å². The lowest BCUT2D eigenvalue weighted by Crippen LogP contribution is -2.52. The molecule has 0 fully saturated rings. The first-order valence-electron chi connectivity index (χ1n) is 11.4. The number of amides is 2. The van der Waals surface area contributed by atoms with Gasteiger partial charge in [0, 0.05) is 17.6 Å². The van der Waals surface area contributed by atoms with Crippen molar-refractivity contribution in [1.82, 2.24) is 10.2 Å². The van der Waals surface area contributed by atoms with Crippen LogP contribution in [0.15, 0.2) is 53.0 Å². The number of unbranched alkanes of at least 4 members (excludes halogenated alkanes) is 1. The van der Waals surface area contributed by atoms with Crippen LogP contribution in [0.5, 0.6) is 0 Å². The number of nitrogens with zero attached hydrogens (tertiary/aromatic N) is 2. The molecule has 0 radical (unpaired) electrons. The van der Waals surface area contributed by atoms with E-state index in [9.17, 15) is 18.0 Å². The lowest BCUT2D eigenvalue weighted by Gasteiger charge is -2.33. The highest BCUT2D eigenvalue weighted by atomic mass is 79.9. The summed E-state index contributed by atoms with van der Waals surface area (Å²) in [6.07, 6.45) is 3.26. The molecule has 2 aromatic carbocycles. The Kier molecular flexibility index (Phi) is 10.6. The molecule has 186 valence electrons. The van der Waals surface area contributed by atoms with E-state index in [4.69, 9.17) is 0 Å². The molecule has 2 aromatic rings. The number of carbonyl (C=O) groups excluding carboxylic acids is 2. The Bertz CT molecular complexity index is 1090. The van der Waals surface area contributed by atoms with E-state index in [0.29, 0.717) is 23.1 Å². The second-order valence-corrected chi connectivity index (χ2v) is 11.1. The predicted molar refractivity (Wildman–Crippen MR) is 140 cm³/mol. The molecule has 1 N–H and O–H groups in total.